The Morgan fingerprint density at radius 2 is 1.90 bits per heavy atom. The van der Waals surface area contributed by atoms with Gasteiger partial charge in [-0.05, 0) is 14.1 Å². The molecule has 0 saturated carbocycles. The van der Waals surface area contributed by atoms with Crippen LogP contribution in [0.15, 0.2) is 12.4 Å². The summed E-state index contributed by atoms with van der Waals surface area (Å²) in [4.78, 5) is 10.8. The minimum Gasteiger partial charge on any atom is -0.358 e. The van der Waals surface area contributed by atoms with Crippen molar-refractivity contribution in [3.63, 3.8) is 0 Å². The van der Waals surface area contributed by atoms with Gasteiger partial charge in [0.1, 0.15) is 12.1 Å². The molecule has 0 radical (unpaired) electrons. The van der Waals surface area contributed by atoms with Gasteiger partial charge in [-0.25, -0.2) is 4.98 Å². The van der Waals surface area contributed by atoms with E-state index in [4.69, 9.17) is 0 Å². The van der Waals surface area contributed by atoms with E-state index < -0.39 is 11.9 Å². The molecule has 0 N–H and O–H groups in total. The quantitative estimate of drug-likeness (QED) is 0.844. The number of hydrogen-bond donors (Lipinski definition) is 0. The Hall–Kier alpha value is -1.90. The van der Waals surface area contributed by atoms with Gasteiger partial charge in [0, 0.05) is 26.2 Å². The van der Waals surface area contributed by atoms with Crippen molar-refractivity contribution in [2.45, 2.75) is 6.18 Å². The molecule has 2 heterocycles. The van der Waals surface area contributed by atoms with Crippen molar-refractivity contribution >= 4 is 11.6 Å². The van der Waals surface area contributed by atoms with Gasteiger partial charge >= 0.3 is 6.18 Å². The predicted octanol–water partition coefficient (Wildman–Crippen LogP) is 1.14. The van der Waals surface area contributed by atoms with E-state index in [0.717, 1.165) is 6.07 Å². The van der Waals surface area contributed by atoms with E-state index in [-0.39, 0.29) is 5.78 Å². The molecule has 0 fully saturated rings. The highest BCUT2D eigenvalue weighted by Gasteiger charge is 2.34. The SMILES string of the molecule is CN(C)CCN(C)c1cc(C(F)(F)F)nc2ncnn12. The molecule has 0 aromatic carbocycles. The van der Waals surface area contributed by atoms with Gasteiger partial charge < -0.3 is 9.80 Å². The number of nitrogens with zero attached hydrogens (tertiary/aromatic N) is 6. The van der Waals surface area contributed by atoms with Crippen LogP contribution in [0.4, 0.5) is 19.0 Å². The molecule has 2 rings (SSSR count). The topological polar surface area (TPSA) is 49.6 Å². The third-order valence-corrected chi connectivity index (χ3v) is 2.80. The van der Waals surface area contributed by atoms with E-state index in [1.54, 1.807) is 11.9 Å². The number of halogens is 3. The molecule has 0 aliphatic carbocycles. The van der Waals surface area contributed by atoms with Crippen molar-refractivity contribution < 1.29 is 13.2 Å². The maximum Gasteiger partial charge on any atom is 0.433 e. The highest BCUT2D eigenvalue weighted by molar-refractivity contribution is 5.47. The van der Waals surface area contributed by atoms with Crippen LogP contribution in [0.3, 0.4) is 0 Å². The largest absolute Gasteiger partial charge is 0.433 e. The second-order valence-electron chi connectivity index (χ2n) is 4.69. The third-order valence-electron chi connectivity index (χ3n) is 2.80. The van der Waals surface area contributed by atoms with Crippen LogP contribution < -0.4 is 4.90 Å². The van der Waals surface area contributed by atoms with Crippen molar-refractivity contribution in [3.8, 4) is 0 Å². The van der Waals surface area contributed by atoms with Crippen LogP contribution in [-0.2, 0) is 6.18 Å². The molecule has 6 nitrogen and oxygen atoms in total. The molecule has 9 heteroatoms. The molecule has 0 unspecified atom stereocenters. The fourth-order valence-electron chi connectivity index (χ4n) is 1.68. The summed E-state index contributed by atoms with van der Waals surface area (Å²) < 4.78 is 39.8. The van der Waals surface area contributed by atoms with Crippen LogP contribution in [0.2, 0.25) is 0 Å². The monoisotopic (exact) mass is 288 g/mol. The first-order valence-corrected chi connectivity index (χ1v) is 5.93. The summed E-state index contributed by atoms with van der Waals surface area (Å²) in [6, 6.07) is 0.983. The zero-order chi connectivity index (χ0) is 14.9. The van der Waals surface area contributed by atoms with E-state index in [2.05, 4.69) is 15.1 Å². The molecule has 0 bridgehead atoms. The minimum atomic E-state index is -4.51. The predicted molar refractivity (Wildman–Crippen MR) is 67.6 cm³/mol. The Morgan fingerprint density at radius 1 is 1.20 bits per heavy atom. The molecule has 0 aliphatic rings. The molecule has 0 aliphatic heterocycles. The maximum absolute atomic E-state index is 12.8. The van der Waals surface area contributed by atoms with Crippen molar-refractivity contribution in [2.24, 2.45) is 0 Å². The molecule has 20 heavy (non-hydrogen) atoms. The molecule has 2 aromatic rings. The normalized spacial score (nSPS) is 12.3. The average Bonchev–Trinajstić information content (AvgIpc) is 2.81. The zero-order valence-corrected chi connectivity index (χ0v) is 11.4. The Labute approximate surface area is 113 Å². The smallest absolute Gasteiger partial charge is 0.358 e. The lowest BCUT2D eigenvalue weighted by Crippen LogP contribution is -2.30. The van der Waals surface area contributed by atoms with Crippen molar-refractivity contribution in [1.82, 2.24) is 24.5 Å². The molecule has 0 saturated heterocycles. The number of anilines is 1. The number of likely N-dealkylation sites (N-methyl/N-ethyl adjacent to an activating group) is 2. The van der Waals surface area contributed by atoms with Crippen molar-refractivity contribution in [1.29, 1.82) is 0 Å². The van der Waals surface area contributed by atoms with Gasteiger partial charge in [0.25, 0.3) is 5.78 Å². The lowest BCUT2D eigenvalue weighted by molar-refractivity contribution is -0.141. The second-order valence-corrected chi connectivity index (χ2v) is 4.69. The summed E-state index contributed by atoms with van der Waals surface area (Å²) in [5.74, 6) is 0.244. The molecule has 0 atom stereocenters. The fourth-order valence-corrected chi connectivity index (χ4v) is 1.68. The van der Waals surface area contributed by atoms with Gasteiger partial charge in [0.2, 0.25) is 0 Å². The lowest BCUT2D eigenvalue weighted by Gasteiger charge is -2.22. The van der Waals surface area contributed by atoms with Gasteiger partial charge in [0.15, 0.2) is 5.69 Å². The highest BCUT2D eigenvalue weighted by Crippen LogP contribution is 2.30. The maximum atomic E-state index is 12.8. The van der Waals surface area contributed by atoms with Gasteiger partial charge in [-0.1, -0.05) is 0 Å². The van der Waals surface area contributed by atoms with Crippen LogP contribution in [-0.4, -0.2) is 58.7 Å². The summed E-state index contributed by atoms with van der Waals surface area (Å²) in [5.41, 5.74) is -0.968. The van der Waals surface area contributed by atoms with Crippen LogP contribution in [0.25, 0.3) is 5.78 Å². The summed E-state index contributed by atoms with van der Waals surface area (Å²) >= 11 is 0. The van der Waals surface area contributed by atoms with E-state index in [9.17, 15) is 13.2 Å². The number of fused-ring (bicyclic) bond motifs is 1. The second kappa shape index (κ2) is 5.23. The van der Waals surface area contributed by atoms with Crippen molar-refractivity contribution in [3.05, 3.63) is 18.1 Å². The first-order valence-electron chi connectivity index (χ1n) is 5.93. The molecule has 2 aromatic heterocycles. The number of rotatable bonds is 4. The van der Waals surface area contributed by atoms with Crippen LogP contribution in [0, 0.1) is 0 Å². The molecule has 0 amide bonds. The number of alkyl halides is 3. The van der Waals surface area contributed by atoms with Gasteiger partial charge in [-0.3, -0.25) is 0 Å². The lowest BCUT2D eigenvalue weighted by atomic mass is 10.3. The van der Waals surface area contributed by atoms with Crippen LogP contribution in [0.1, 0.15) is 5.69 Å². The zero-order valence-electron chi connectivity index (χ0n) is 11.4. The van der Waals surface area contributed by atoms with E-state index in [1.165, 1.54) is 10.8 Å². The molecular weight excluding hydrogens is 273 g/mol. The van der Waals surface area contributed by atoms with Crippen LogP contribution >= 0.6 is 0 Å². The first-order chi connectivity index (χ1) is 9.29. The first kappa shape index (κ1) is 14.5. The number of aromatic nitrogens is 4. The molecular formula is C11H15F3N6. The van der Waals surface area contributed by atoms with Crippen LogP contribution in [0.5, 0.6) is 0 Å². The fraction of sp³-hybridized carbons (Fsp3) is 0.545. The minimum absolute atomic E-state index is 0.0634. The Morgan fingerprint density at radius 3 is 2.50 bits per heavy atom. The summed E-state index contributed by atoms with van der Waals surface area (Å²) in [7, 11) is 5.50. The van der Waals surface area contributed by atoms with Gasteiger partial charge in [-0.2, -0.15) is 27.8 Å². The Bertz CT molecular complexity index is 591. The number of hydrogen-bond acceptors (Lipinski definition) is 5. The molecule has 110 valence electrons. The Kier molecular flexibility index (Phi) is 3.80. The van der Waals surface area contributed by atoms with Gasteiger partial charge in [-0.15, -0.1) is 0 Å². The van der Waals surface area contributed by atoms with Crippen molar-refractivity contribution in [2.75, 3.05) is 39.1 Å². The average molecular weight is 288 g/mol. The molecule has 0 spiro atoms. The van der Waals surface area contributed by atoms with E-state index in [0.29, 0.717) is 18.9 Å². The highest BCUT2D eigenvalue weighted by atomic mass is 19.4. The summed E-state index contributed by atoms with van der Waals surface area (Å²) in [6.45, 7) is 1.26. The Balaban J connectivity index is 2.42. The summed E-state index contributed by atoms with van der Waals surface area (Å²) in [6.07, 6.45) is -3.32. The van der Waals surface area contributed by atoms with E-state index in [1.807, 2.05) is 19.0 Å². The third kappa shape index (κ3) is 2.98. The van der Waals surface area contributed by atoms with Gasteiger partial charge in [0.05, 0.1) is 0 Å². The summed E-state index contributed by atoms with van der Waals surface area (Å²) in [5, 5.41) is 3.91. The van der Waals surface area contributed by atoms with E-state index >= 15 is 0 Å². The standard InChI is InChI=1S/C11H15F3N6/c1-18(2)4-5-19(3)9-6-8(11(12,13)14)17-10-15-7-16-20(9)10/h6-7H,4-5H2,1-3H3.